The van der Waals surface area contributed by atoms with Crippen molar-refractivity contribution >= 4 is 5.91 Å². The number of likely N-dealkylation sites (N-methyl/N-ethyl adjacent to an activating group) is 2. The van der Waals surface area contributed by atoms with Crippen LogP contribution in [0.4, 0.5) is 8.78 Å². The summed E-state index contributed by atoms with van der Waals surface area (Å²) >= 11 is 0. The number of nitrogens with zero attached hydrogens (tertiary/aromatic N) is 2. The van der Waals surface area contributed by atoms with Gasteiger partial charge in [-0.15, -0.1) is 0 Å². The topological polar surface area (TPSA) is 32.8 Å². The van der Waals surface area contributed by atoms with E-state index in [1.165, 1.54) is 17.0 Å². The maximum absolute atomic E-state index is 12.0. The number of amides is 1. The Morgan fingerprint density at radius 3 is 2.26 bits per heavy atom. The van der Waals surface area contributed by atoms with Crippen LogP contribution in [0.15, 0.2) is 24.3 Å². The average molecular weight is 272 g/mol. The van der Waals surface area contributed by atoms with E-state index in [9.17, 15) is 13.6 Å². The molecule has 1 aromatic carbocycles. The van der Waals surface area contributed by atoms with Crippen LogP contribution in [0, 0.1) is 0 Å². The molecular weight excluding hydrogens is 254 g/mol. The van der Waals surface area contributed by atoms with Gasteiger partial charge in [-0.3, -0.25) is 9.69 Å². The van der Waals surface area contributed by atoms with Crippen molar-refractivity contribution in [3.05, 3.63) is 29.8 Å². The second-order valence-electron chi connectivity index (χ2n) is 4.48. The highest BCUT2D eigenvalue weighted by Crippen LogP contribution is 2.15. The summed E-state index contributed by atoms with van der Waals surface area (Å²) in [5.41, 5.74) is 0.927. The maximum Gasteiger partial charge on any atom is 0.387 e. The number of benzene rings is 1. The molecule has 0 radical (unpaired) electrons. The molecule has 1 aromatic rings. The molecule has 0 spiro atoms. The fraction of sp³-hybridized carbons (Fsp3) is 0.462. The molecule has 0 aliphatic carbocycles. The summed E-state index contributed by atoms with van der Waals surface area (Å²) in [5.74, 6) is 0.144. The molecule has 0 saturated heterocycles. The number of carbonyl (C=O) groups excluding carboxylic acids is 1. The molecule has 4 nitrogen and oxygen atoms in total. The Morgan fingerprint density at radius 1 is 1.21 bits per heavy atom. The van der Waals surface area contributed by atoms with E-state index >= 15 is 0 Å². The van der Waals surface area contributed by atoms with Crippen LogP contribution in [0.1, 0.15) is 5.56 Å². The van der Waals surface area contributed by atoms with Crippen molar-refractivity contribution in [2.24, 2.45) is 0 Å². The molecule has 0 bridgehead atoms. The van der Waals surface area contributed by atoms with Crippen molar-refractivity contribution in [1.29, 1.82) is 0 Å². The monoisotopic (exact) mass is 272 g/mol. The van der Waals surface area contributed by atoms with Gasteiger partial charge in [0.2, 0.25) is 5.91 Å². The molecule has 0 N–H and O–H groups in total. The van der Waals surface area contributed by atoms with Gasteiger partial charge in [0.15, 0.2) is 0 Å². The summed E-state index contributed by atoms with van der Waals surface area (Å²) < 4.78 is 28.2. The Hall–Kier alpha value is -1.69. The summed E-state index contributed by atoms with van der Waals surface area (Å²) in [6, 6.07) is 6.38. The molecule has 0 atom stereocenters. The van der Waals surface area contributed by atoms with Crippen LogP contribution in [0.5, 0.6) is 5.75 Å². The van der Waals surface area contributed by atoms with E-state index in [4.69, 9.17) is 0 Å². The molecule has 0 heterocycles. The first-order valence-electron chi connectivity index (χ1n) is 5.81. The second kappa shape index (κ2) is 7.04. The zero-order valence-electron chi connectivity index (χ0n) is 11.3. The van der Waals surface area contributed by atoms with Crippen LogP contribution >= 0.6 is 0 Å². The lowest BCUT2D eigenvalue weighted by Gasteiger charge is -2.19. The van der Waals surface area contributed by atoms with E-state index in [0.717, 1.165) is 5.56 Å². The van der Waals surface area contributed by atoms with E-state index in [1.807, 2.05) is 11.9 Å². The number of hydrogen-bond acceptors (Lipinski definition) is 3. The Morgan fingerprint density at radius 2 is 1.79 bits per heavy atom. The van der Waals surface area contributed by atoms with Crippen LogP contribution in [-0.2, 0) is 11.3 Å². The first kappa shape index (κ1) is 15.4. The molecule has 0 unspecified atom stereocenters. The Balaban J connectivity index is 2.51. The van der Waals surface area contributed by atoms with Crippen LogP contribution in [0.25, 0.3) is 0 Å². The van der Waals surface area contributed by atoms with Crippen molar-refractivity contribution in [3.63, 3.8) is 0 Å². The third-order valence-corrected chi connectivity index (χ3v) is 2.50. The Labute approximate surface area is 111 Å². The van der Waals surface area contributed by atoms with Gasteiger partial charge >= 0.3 is 6.61 Å². The van der Waals surface area contributed by atoms with Crippen molar-refractivity contribution in [3.8, 4) is 5.75 Å². The van der Waals surface area contributed by atoms with Gasteiger partial charge in [-0.2, -0.15) is 8.78 Å². The van der Waals surface area contributed by atoms with Crippen molar-refractivity contribution in [1.82, 2.24) is 9.80 Å². The number of alkyl halides is 2. The lowest BCUT2D eigenvalue weighted by molar-refractivity contribution is -0.129. The number of rotatable bonds is 6. The summed E-state index contributed by atoms with van der Waals surface area (Å²) in [7, 11) is 5.23. The van der Waals surface area contributed by atoms with Crippen molar-refractivity contribution in [2.45, 2.75) is 13.2 Å². The summed E-state index contributed by atoms with van der Waals surface area (Å²) in [6.45, 7) is -1.94. The molecule has 0 saturated carbocycles. The van der Waals surface area contributed by atoms with Crippen molar-refractivity contribution in [2.75, 3.05) is 27.7 Å². The highest BCUT2D eigenvalue weighted by atomic mass is 19.3. The van der Waals surface area contributed by atoms with Gasteiger partial charge in [-0.1, -0.05) is 12.1 Å². The molecule has 0 aliphatic heterocycles. The van der Waals surface area contributed by atoms with E-state index in [-0.39, 0.29) is 11.7 Å². The molecule has 106 valence electrons. The van der Waals surface area contributed by atoms with Gasteiger partial charge in [0, 0.05) is 20.6 Å². The smallest absolute Gasteiger partial charge is 0.387 e. The van der Waals surface area contributed by atoms with Gasteiger partial charge in [-0.25, -0.2) is 0 Å². The van der Waals surface area contributed by atoms with Crippen LogP contribution < -0.4 is 4.74 Å². The second-order valence-corrected chi connectivity index (χ2v) is 4.48. The van der Waals surface area contributed by atoms with E-state index in [1.54, 1.807) is 26.2 Å². The Kier molecular flexibility index (Phi) is 5.69. The molecular formula is C13H18F2N2O2. The lowest BCUT2D eigenvalue weighted by atomic mass is 10.2. The highest BCUT2D eigenvalue weighted by molar-refractivity contribution is 5.77. The van der Waals surface area contributed by atoms with Gasteiger partial charge in [0.1, 0.15) is 5.75 Å². The molecule has 6 heteroatoms. The number of hydrogen-bond donors (Lipinski definition) is 0. The lowest BCUT2D eigenvalue weighted by Crippen LogP contribution is -2.34. The van der Waals surface area contributed by atoms with E-state index in [0.29, 0.717) is 13.1 Å². The van der Waals surface area contributed by atoms with Gasteiger partial charge in [0.05, 0.1) is 6.54 Å². The third-order valence-electron chi connectivity index (χ3n) is 2.50. The minimum Gasteiger partial charge on any atom is -0.435 e. The largest absolute Gasteiger partial charge is 0.435 e. The first-order chi connectivity index (χ1) is 8.88. The number of halogens is 2. The van der Waals surface area contributed by atoms with Gasteiger partial charge < -0.3 is 9.64 Å². The zero-order valence-corrected chi connectivity index (χ0v) is 11.3. The minimum absolute atomic E-state index is 0.0140. The molecule has 0 aromatic heterocycles. The molecule has 1 amide bonds. The fourth-order valence-corrected chi connectivity index (χ4v) is 1.52. The quantitative estimate of drug-likeness (QED) is 0.791. The van der Waals surface area contributed by atoms with Gasteiger partial charge in [0.25, 0.3) is 0 Å². The van der Waals surface area contributed by atoms with Gasteiger partial charge in [-0.05, 0) is 24.7 Å². The summed E-state index contributed by atoms with van der Waals surface area (Å²) in [6.07, 6.45) is 0. The molecule has 0 fully saturated rings. The summed E-state index contributed by atoms with van der Waals surface area (Å²) in [4.78, 5) is 14.9. The van der Waals surface area contributed by atoms with E-state index < -0.39 is 6.61 Å². The van der Waals surface area contributed by atoms with Crippen LogP contribution in [-0.4, -0.2) is 50.0 Å². The molecule has 0 aliphatic rings. The normalized spacial score (nSPS) is 10.9. The average Bonchev–Trinajstić information content (AvgIpc) is 2.30. The van der Waals surface area contributed by atoms with Crippen LogP contribution in [0.3, 0.4) is 0 Å². The predicted molar refractivity (Wildman–Crippen MR) is 68.1 cm³/mol. The standard InChI is InChI=1S/C13H18F2N2O2/c1-16(2)12(18)9-17(3)8-10-4-6-11(7-5-10)19-13(14)15/h4-7,13H,8-9H2,1-3H3. The molecule has 19 heavy (non-hydrogen) atoms. The minimum atomic E-state index is -2.81. The molecule has 1 rings (SSSR count). The van der Waals surface area contributed by atoms with Crippen molar-refractivity contribution < 1.29 is 18.3 Å². The zero-order chi connectivity index (χ0) is 14.4. The fourth-order valence-electron chi connectivity index (χ4n) is 1.52. The van der Waals surface area contributed by atoms with Crippen LogP contribution in [0.2, 0.25) is 0 Å². The first-order valence-corrected chi connectivity index (χ1v) is 5.81. The SMILES string of the molecule is CN(CC(=O)N(C)C)Cc1ccc(OC(F)F)cc1. The number of ether oxygens (including phenoxy) is 1. The highest BCUT2D eigenvalue weighted by Gasteiger charge is 2.09. The number of carbonyl (C=O) groups is 1. The van der Waals surface area contributed by atoms with E-state index in [2.05, 4.69) is 4.74 Å². The maximum atomic E-state index is 12.0. The predicted octanol–water partition coefficient (Wildman–Crippen LogP) is 1.81. The third kappa shape index (κ3) is 5.65. The Bertz CT molecular complexity index is 408. The summed E-state index contributed by atoms with van der Waals surface area (Å²) in [5, 5.41) is 0.